The van der Waals surface area contributed by atoms with Crippen LogP contribution in [0.4, 0.5) is 0 Å². The maximum Gasteiger partial charge on any atom is 0.306 e. The monoisotopic (exact) mass is 427 g/mol. The fourth-order valence-corrected chi connectivity index (χ4v) is 3.63. The minimum absolute atomic E-state index is 0.0279. The number of nitrogens with zero attached hydrogens (tertiary/aromatic N) is 1. The van der Waals surface area contributed by atoms with Gasteiger partial charge < -0.3 is 14.7 Å². The quantitative estimate of drug-likeness (QED) is 0.0836. The molecule has 5 nitrogen and oxygen atoms in total. The Morgan fingerprint density at radius 2 is 1.30 bits per heavy atom. The van der Waals surface area contributed by atoms with Crippen LogP contribution in [0.3, 0.4) is 0 Å². The molecule has 0 amide bonds. The average molecular weight is 428 g/mol. The van der Waals surface area contributed by atoms with Crippen LogP contribution >= 0.6 is 0 Å². The van der Waals surface area contributed by atoms with Gasteiger partial charge >= 0.3 is 5.97 Å². The van der Waals surface area contributed by atoms with E-state index in [9.17, 15) is 14.8 Å². The van der Waals surface area contributed by atoms with Gasteiger partial charge in [0.05, 0.1) is 0 Å². The van der Waals surface area contributed by atoms with Gasteiger partial charge in [-0.2, -0.15) is 5.06 Å². The Hall–Kier alpha value is -0.940. The Morgan fingerprint density at radius 1 is 0.800 bits per heavy atom. The van der Waals surface area contributed by atoms with E-state index in [1.165, 1.54) is 5.06 Å². The lowest BCUT2D eigenvalue weighted by atomic mass is 10.1. The Morgan fingerprint density at radius 3 is 1.83 bits per heavy atom. The molecule has 0 aromatic rings. The molecule has 0 atom stereocenters. The van der Waals surface area contributed by atoms with Crippen molar-refractivity contribution in [2.75, 3.05) is 13.1 Å². The van der Waals surface area contributed by atoms with Gasteiger partial charge in [0, 0.05) is 25.9 Å². The molecular weight excluding hydrogens is 378 g/mol. The number of hydrogen-bond donors (Lipinski definition) is 1. The summed E-state index contributed by atoms with van der Waals surface area (Å²) < 4.78 is 5.69. The number of hydroxylamine groups is 2. The van der Waals surface area contributed by atoms with Gasteiger partial charge in [-0.25, -0.2) is 0 Å². The first kappa shape index (κ1) is 29.1. The third-order valence-corrected chi connectivity index (χ3v) is 5.59. The van der Waals surface area contributed by atoms with Crippen molar-refractivity contribution in [2.24, 2.45) is 0 Å². The number of ether oxygens (including phenoxy) is 1. The van der Waals surface area contributed by atoms with Gasteiger partial charge in [0.2, 0.25) is 0 Å². The second-order valence-corrected chi connectivity index (χ2v) is 8.59. The molecule has 0 aromatic carbocycles. The molecule has 0 aliphatic heterocycles. The van der Waals surface area contributed by atoms with E-state index >= 15 is 0 Å². The Kier molecular flexibility index (Phi) is 22.0. The number of carbonyl (C=O) groups excluding carboxylic acids is 2. The highest BCUT2D eigenvalue weighted by Crippen LogP contribution is 2.15. The van der Waals surface area contributed by atoms with Crippen LogP contribution in [0.2, 0.25) is 0 Å². The largest absolute Gasteiger partial charge is 0.462 e. The van der Waals surface area contributed by atoms with Crippen LogP contribution in [-0.4, -0.2) is 41.7 Å². The number of carbonyl (C=O) groups is 2. The second kappa shape index (κ2) is 22.7. The maximum atomic E-state index is 12.1. The lowest BCUT2D eigenvalue weighted by molar-refractivity contribution is -0.150. The van der Waals surface area contributed by atoms with E-state index in [4.69, 9.17) is 4.74 Å². The van der Waals surface area contributed by atoms with E-state index in [2.05, 4.69) is 13.8 Å². The Bertz CT molecular complexity index is 381. The van der Waals surface area contributed by atoms with Gasteiger partial charge in [-0.05, 0) is 38.5 Å². The second-order valence-electron chi connectivity index (χ2n) is 8.59. The Balaban J connectivity index is 3.55. The van der Waals surface area contributed by atoms with Crippen LogP contribution in [0.1, 0.15) is 129 Å². The van der Waals surface area contributed by atoms with Crippen molar-refractivity contribution < 1.29 is 19.5 Å². The minimum atomic E-state index is -0.0279. The van der Waals surface area contributed by atoms with Crippen LogP contribution in [0.15, 0.2) is 0 Å². The minimum Gasteiger partial charge on any atom is -0.462 e. The molecule has 0 fully saturated rings. The normalized spacial score (nSPS) is 11.4. The molecule has 5 heteroatoms. The maximum absolute atomic E-state index is 12.1. The highest BCUT2D eigenvalue weighted by molar-refractivity contribution is 5.69. The van der Waals surface area contributed by atoms with E-state index in [1.54, 1.807) is 0 Å². The van der Waals surface area contributed by atoms with Gasteiger partial charge in [-0.3, -0.25) is 4.79 Å². The highest BCUT2D eigenvalue weighted by atomic mass is 16.5. The van der Waals surface area contributed by atoms with E-state index in [-0.39, 0.29) is 12.1 Å². The molecule has 0 aromatic heterocycles. The molecule has 0 heterocycles. The van der Waals surface area contributed by atoms with Gasteiger partial charge in [-0.1, -0.05) is 78.1 Å². The lowest BCUT2D eigenvalue weighted by Crippen LogP contribution is -2.21. The summed E-state index contributed by atoms with van der Waals surface area (Å²) in [5.74, 6) is -0.0279. The standard InChI is InChI=1S/C25H49NO4/c1-3-5-18-24(19-6-4-2)30-25(28)20-14-10-9-12-16-22-26(29)21-15-11-7-8-13-17-23-27/h23-24,29H,3-22H2,1-2H3. The molecule has 0 unspecified atom stereocenters. The summed E-state index contributed by atoms with van der Waals surface area (Å²) in [6.45, 7) is 5.81. The fourth-order valence-electron chi connectivity index (χ4n) is 3.63. The van der Waals surface area contributed by atoms with Crippen LogP contribution in [0, 0.1) is 0 Å². The average Bonchev–Trinajstić information content (AvgIpc) is 2.74. The summed E-state index contributed by atoms with van der Waals surface area (Å²) in [4.78, 5) is 22.3. The Labute approximate surface area is 185 Å². The van der Waals surface area contributed by atoms with Gasteiger partial charge in [0.15, 0.2) is 0 Å². The van der Waals surface area contributed by atoms with Gasteiger partial charge in [0.1, 0.15) is 12.4 Å². The summed E-state index contributed by atoms with van der Waals surface area (Å²) >= 11 is 0. The van der Waals surface area contributed by atoms with E-state index < -0.39 is 0 Å². The molecule has 178 valence electrons. The number of hydrogen-bond acceptors (Lipinski definition) is 5. The lowest BCUT2D eigenvalue weighted by Gasteiger charge is -2.17. The number of unbranched alkanes of at least 4 members (excludes halogenated alkanes) is 11. The van der Waals surface area contributed by atoms with Gasteiger partial charge in [-0.15, -0.1) is 0 Å². The SMILES string of the molecule is CCCCC(CCCC)OC(=O)CCCCCCCN(O)CCCCCCCC=O. The molecule has 0 rings (SSSR count). The molecule has 0 saturated carbocycles. The predicted octanol–water partition coefficient (Wildman–Crippen LogP) is 6.85. The van der Waals surface area contributed by atoms with Crippen molar-refractivity contribution in [3.63, 3.8) is 0 Å². The molecule has 0 saturated heterocycles. The first-order chi connectivity index (χ1) is 14.6. The van der Waals surface area contributed by atoms with E-state index in [1.807, 2.05) is 0 Å². The molecule has 0 bridgehead atoms. The van der Waals surface area contributed by atoms with Crippen molar-refractivity contribution in [3.05, 3.63) is 0 Å². The molecule has 0 aliphatic carbocycles. The molecule has 1 N–H and O–H groups in total. The first-order valence-electron chi connectivity index (χ1n) is 12.7. The topological polar surface area (TPSA) is 66.8 Å². The van der Waals surface area contributed by atoms with Crippen molar-refractivity contribution in [2.45, 2.75) is 136 Å². The van der Waals surface area contributed by atoms with Gasteiger partial charge in [0.25, 0.3) is 0 Å². The summed E-state index contributed by atoms with van der Waals surface area (Å²) in [6.07, 6.45) is 19.4. The van der Waals surface area contributed by atoms with E-state index in [0.29, 0.717) is 12.8 Å². The summed E-state index contributed by atoms with van der Waals surface area (Å²) in [7, 11) is 0. The third kappa shape index (κ3) is 20.3. The zero-order chi connectivity index (χ0) is 22.3. The molecule has 0 radical (unpaired) electrons. The summed E-state index contributed by atoms with van der Waals surface area (Å²) in [5.41, 5.74) is 0. The first-order valence-corrected chi connectivity index (χ1v) is 12.7. The smallest absolute Gasteiger partial charge is 0.306 e. The fraction of sp³-hybridized carbons (Fsp3) is 0.920. The number of aldehydes is 1. The van der Waals surface area contributed by atoms with Crippen LogP contribution in [0.5, 0.6) is 0 Å². The zero-order valence-electron chi connectivity index (χ0n) is 19.9. The van der Waals surface area contributed by atoms with Crippen molar-refractivity contribution in [3.8, 4) is 0 Å². The molecule has 30 heavy (non-hydrogen) atoms. The molecule has 0 spiro atoms. The summed E-state index contributed by atoms with van der Waals surface area (Å²) in [6, 6.07) is 0. The summed E-state index contributed by atoms with van der Waals surface area (Å²) in [5, 5.41) is 11.3. The van der Waals surface area contributed by atoms with Crippen LogP contribution in [0.25, 0.3) is 0 Å². The van der Waals surface area contributed by atoms with Crippen LogP contribution in [-0.2, 0) is 14.3 Å². The van der Waals surface area contributed by atoms with Crippen molar-refractivity contribution in [1.29, 1.82) is 0 Å². The van der Waals surface area contributed by atoms with Crippen LogP contribution < -0.4 is 0 Å². The molecule has 0 aliphatic rings. The predicted molar refractivity (Wildman–Crippen MR) is 124 cm³/mol. The molecular formula is C25H49NO4. The van der Waals surface area contributed by atoms with E-state index in [0.717, 1.165) is 122 Å². The van der Waals surface area contributed by atoms with Crippen molar-refractivity contribution >= 4 is 12.3 Å². The zero-order valence-corrected chi connectivity index (χ0v) is 19.9. The third-order valence-electron chi connectivity index (χ3n) is 5.59. The number of rotatable bonds is 23. The van der Waals surface area contributed by atoms with Crippen molar-refractivity contribution in [1.82, 2.24) is 5.06 Å². The number of esters is 1. The highest BCUT2D eigenvalue weighted by Gasteiger charge is 2.13.